The molecule has 0 bridgehead atoms. The maximum atomic E-state index is 12.3. The maximum absolute atomic E-state index is 12.3. The van der Waals surface area contributed by atoms with E-state index in [1.165, 1.54) is 6.42 Å². The summed E-state index contributed by atoms with van der Waals surface area (Å²) in [6.07, 6.45) is 3.36. The number of carbonyl (C=O) groups excluding carboxylic acids is 1. The predicted molar refractivity (Wildman–Crippen MR) is 62.5 cm³/mol. The lowest BCUT2D eigenvalue weighted by Crippen LogP contribution is -2.55. The molecule has 2 unspecified atom stereocenters. The van der Waals surface area contributed by atoms with Crippen molar-refractivity contribution in [3.63, 3.8) is 0 Å². The molecule has 1 amide bonds. The molecule has 1 fully saturated rings. The summed E-state index contributed by atoms with van der Waals surface area (Å²) in [4.78, 5) is 14.3. The Bertz CT molecular complexity index is 232. The monoisotopic (exact) mass is 212 g/mol. The molecule has 2 atom stereocenters. The lowest BCUT2D eigenvalue weighted by molar-refractivity contribution is -0.146. The molecule has 1 saturated heterocycles. The van der Waals surface area contributed by atoms with Crippen molar-refractivity contribution in [2.24, 2.45) is 11.1 Å². The Morgan fingerprint density at radius 3 is 2.47 bits per heavy atom. The zero-order valence-electron chi connectivity index (χ0n) is 10.4. The Hall–Kier alpha value is -0.570. The Balaban J connectivity index is 2.83. The summed E-state index contributed by atoms with van der Waals surface area (Å²) < 4.78 is 0. The number of amides is 1. The lowest BCUT2D eigenvalue weighted by Gasteiger charge is -2.43. The topological polar surface area (TPSA) is 46.3 Å². The minimum atomic E-state index is -0.293. The number of rotatable bonds is 1. The van der Waals surface area contributed by atoms with Gasteiger partial charge in [-0.05, 0) is 26.2 Å². The third kappa shape index (κ3) is 2.71. The van der Waals surface area contributed by atoms with Gasteiger partial charge >= 0.3 is 0 Å². The summed E-state index contributed by atoms with van der Waals surface area (Å²) in [5.74, 6) is 0.241. The lowest BCUT2D eigenvalue weighted by atomic mass is 9.89. The summed E-state index contributed by atoms with van der Waals surface area (Å²) in [7, 11) is 0. The highest BCUT2D eigenvalue weighted by Crippen LogP contribution is 2.28. The van der Waals surface area contributed by atoms with Crippen molar-refractivity contribution in [2.45, 2.75) is 59.0 Å². The number of carbonyl (C=O) groups is 1. The van der Waals surface area contributed by atoms with Gasteiger partial charge in [-0.25, -0.2) is 0 Å². The third-order valence-electron chi connectivity index (χ3n) is 3.18. The van der Waals surface area contributed by atoms with Crippen LogP contribution in [-0.2, 0) is 4.79 Å². The largest absolute Gasteiger partial charge is 0.335 e. The Kier molecular flexibility index (Phi) is 3.77. The standard InChI is InChI=1S/C12H24N2O/c1-9-6-5-7-10(8-13)14(9)11(15)12(2,3)4/h9-10H,5-8,13H2,1-4H3. The fraction of sp³-hybridized carbons (Fsp3) is 0.917. The van der Waals surface area contributed by atoms with Gasteiger partial charge in [0, 0.05) is 24.0 Å². The van der Waals surface area contributed by atoms with Crippen molar-refractivity contribution in [2.75, 3.05) is 6.54 Å². The fourth-order valence-corrected chi connectivity index (χ4v) is 2.27. The van der Waals surface area contributed by atoms with Crippen LogP contribution in [-0.4, -0.2) is 29.4 Å². The summed E-state index contributed by atoms with van der Waals surface area (Å²) in [5, 5.41) is 0. The molecule has 0 aliphatic carbocycles. The van der Waals surface area contributed by atoms with Crippen LogP contribution in [0.1, 0.15) is 47.0 Å². The van der Waals surface area contributed by atoms with Gasteiger partial charge in [-0.3, -0.25) is 4.79 Å². The molecule has 3 nitrogen and oxygen atoms in total. The second-order valence-corrected chi connectivity index (χ2v) is 5.63. The maximum Gasteiger partial charge on any atom is 0.228 e. The first-order valence-corrected chi connectivity index (χ1v) is 5.90. The molecule has 0 saturated carbocycles. The minimum absolute atomic E-state index is 0.241. The van der Waals surface area contributed by atoms with Crippen LogP contribution in [0.3, 0.4) is 0 Å². The van der Waals surface area contributed by atoms with Gasteiger partial charge in [-0.15, -0.1) is 0 Å². The smallest absolute Gasteiger partial charge is 0.228 e. The van der Waals surface area contributed by atoms with Crippen molar-refractivity contribution in [3.8, 4) is 0 Å². The number of piperidine rings is 1. The highest BCUT2D eigenvalue weighted by molar-refractivity contribution is 5.82. The van der Waals surface area contributed by atoms with Crippen LogP contribution in [0.15, 0.2) is 0 Å². The van der Waals surface area contributed by atoms with Gasteiger partial charge in [0.25, 0.3) is 0 Å². The van der Waals surface area contributed by atoms with Crippen LogP contribution in [0.4, 0.5) is 0 Å². The van der Waals surface area contributed by atoms with Crippen molar-refractivity contribution in [1.82, 2.24) is 4.90 Å². The third-order valence-corrected chi connectivity index (χ3v) is 3.18. The van der Waals surface area contributed by atoms with Gasteiger partial charge in [-0.1, -0.05) is 20.8 Å². The van der Waals surface area contributed by atoms with Crippen LogP contribution in [0.25, 0.3) is 0 Å². The van der Waals surface area contributed by atoms with Gasteiger partial charge in [0.2, 0.25) is 5.91 Å². The van der Waals surface area contributed by atoms with Gasteiger partial charge in [0.15, 0.2) is 0 Å². The van der Waals surface area contributed by atoms with Crippen LogP contribution < -0.4 is 5.73 Å². The van der Waals surface area contributed by atoms with Crippen molar-refractivity contribution < 1.29 is 4.79 Å². The molecule has 0 aromatic carbocycles. The second kappa shape index (κ2) is 4.52. The van der Waals surface area contributed by atoms with E-state index in [1.54, 1.807) is 0 Å². The predicted octanol–water partition coefficient (Wildman–Crippen LogP) is 1.76. The quantitative estimate of drug-likeness (QED) is 0.720. The Morgan fingerprint density at radius 1 is 1.40 bits per heavy atom. The summed E-state index contributed by atoms with van der Waals surface area (Å²) in [6.45, 7) is 8.65. The van der Waals surface area contributed by atoms with Crippen LogP contribution >= 0.6 is 0 Å². The van der Waals surface area contributed by atoms with E-state index in [0.717, 1.165) is 12.8 Å². The highest BCUT2D eigenvalue weighted by atomic mass is 16.2. The van der Waals surface area contributed by atoms with Crippen molar-refractivity contribution in [1.29, 1.82) is 0 Å². The first-order valence-electron chi connectivity index (χ1n) is 5.90. The molecular weight excluding hydrogens is 188 g/mol. The van der Waals surface area contributed by atoms with E-state index in [1.807, 2.05) is 25.7 Å². The molecule has 88 valence electrons. The minimum Gasteiger partial charge on any atom is -0.335 e. The molecule has 1 aliphatic rings. The van der Waals surface area contributed by atoms with E-state index in [2.05, 4.69) is 6.92 Å². The molecule has 1 rings (SSSR count). The van der Waals surface area contributed by atoms with E-state index >= 15 is 0 Å². The highest BCUT2D eigenvalue weighted by Gasteiger charge is 2.36. The van der Waals surface area contributed by atoms with Gasteiger partial charge in [-0.2, -0.15) is 0 Å². The molecule has 0 aromatic heterocycles. The number of hydrogen-bond acceptors (Lipinski definition) is 2. The van der Waals surface area contributed by atoms with Gasteiger partial charge in [0.1, 0.15) is 0 Å². The zero-order chi connectivity index (χ0) is 11.6. The summed E-state index contributed by atoms with van der Waals surface area (Å²) >= 11 is 0. The van der Waals surface area contributed by atoms with E-state index in [4.69, 9.17) is 5.73 Å². The van der Waals surface area contributed by atoms with Crippen LogP contribution in [0, 0.1) is 5.41 Å². The Labute approximate surface area is 93.0 Å². The van der Waals surface area contributed by atoms with E-state index in [-0.39, 0.29) is 17.4 Å². The van der Waals surface area contributed by atoms with Crippen LogP contribution in [0.2, 0.25) is 0 Å². The first-order chi connectivity index (χ1) is 6.88. The van der Waals surface area contributed by atoms with Gasteiger partial charge in [0.05, 0.1) is 0 Å². The summed E-state index contributed by atoms with van der Waals surface area (Å²) in [5.41, 5.74) is 5.45. The second-order valence-electron chi connectivity index (χ2n) is 5.63. The number of hydrogen-bond donors (Lipinski definition) is 1. The van der Waals surface area contributed by atoms with Crippen molar-refractivity contribution >= 4 is 5.91 Å². The first kappa shape index (κ1) is 12.5. The average Bonchev–Trinajstić information content (AvgIpc) is 2.15. The molecule has 3 heteroatoms. The molecule has 1 aliphatic heterocycles. The summed E-state index contributed by atoms with van der Waals surface area (Å²) in [6, 6.07) is 0.597. The van der Waals surface area contributed by atoms with E-state index in [9.17, 15) is 4.79 Å². The Morgan fingerprint density at radius 2 is 2.00 bits per heavy atom. The average molecular weight is 212 g/mol. The molecule has 1 heterocycles. The van der Waals surface area contributed by atoms with E-state index in [0.29, 0.717) is 12.6 Å². The number of nitrogens with zero attached hydrogens (tertiary/aromatic N) is 1. The molecule has 15 heavy (non-hydrogen) atoms. The van der Waals surface area contributed by atoms with Gasteiger partial charge < -0.3 is 10.6 Å². The van der Waals surface area contributed by atoms with Crippen molar-refractivity contribution in [3.05, 3.63) is 0 Å². The SMILES string of the molecule is CC1CCCC(CN)N1C(=O)C(C)(C)C. The van der Waals surface area contributed by atoms with E-state index < -0.39 is 0 Å². The normalized spacial score (nSPS) is 27.9. The van der Waals surface area contributed by atoms with Crippen LogP contribution in [0.5, 0.6) is 0 Å². The fourth-order valence-electron chi connectivity index (χ4n) is 2.27. The zero-order valence-corrected chi connectivity index (χ0v) is 10.4. The molecule has 2 N–H and O–H groups in total. The molecule has 0 spiro atoms. The molecule has 0 aromatic rings. The number of nitrogens with two attached hydrogens (primary N) is 1. The molecule has 0 radical (unpaired) electrons. The molecular formula is C12H24N2O. The number of likely N-dealkylation sites (tertiary alicyclic amines) is 1.